The molecule has 0 spiro atoms. The van der Waals surface area contributed by atoms with E-state index in [1.807, 2.05) is 0 Å². The van der Waals surface area contributed by atoms with Crippen LogP contribution in [0.3, 0.4) is 0 Å². The molecule has 10 nitrogen and oxygen atoms in total. The zero-order valence-electron chi connectivity index (χ0n) is 16.8. The summed E-state index contributed by atoms with van der Waals surface area (Å²) in [5.41, 5.74) is 7.01. The molecule has 0 fully saturated rings. The average molecular weight is 417 g/mol. The molecule has 1 aromatic heterocycles. The molecule has 0 radical (unpaired) electrons. The number of carbonyl (C=O) groups excluding carboxylic acids is 2. The Kier molecular flexibility index (Phi) is 8.82. The topological polar surface area (TPSA) is 159 Å². The van der Waals surface area contributed by atoms with Crippen molar-refractivity contribution in [2.24, 2.45) is 5.73 Å². The summed E-state index contributed by atoms with van der Waals surface area (Å²) < 4.78 is 5.05. The highest BCUT2D eigenvalue weighted by atomic mass is 16.5. The van der Waals surface area contributed by atoms with Gasteiger partial charge in [0.05, 0.1) is 19.5 Å². The van der Waals surface area contributed by atoms with Crippen LogP contribution in [0.5, 0.6) is 5.75 Å². The van der Waals surface area contributed by atoms with Crippen LogP contribution in [0, 0.1) is 0 Å². The molecule has 6 N–H and O–H groups in total. The Morgan fingerprint density at radius 2 is 1.97 bits per heavy atom. The molecule has 0 aliphatic heterocycles. The van der Waals surface area contributed by atoms with Crippen LogP contribution in [-0.2, 0) is 16.0 Å². The van der Waals surface area contributed by atoms with E-state index >= 15 is 0 Å². The maximum absolute atomic E-state index is 12.2. The number of methoxy groups -OCH3 is 1. The molecular formula is C20H27N5O5. The Bertz CT molecular complexity index is 823. The first-order chi connectivity index (χ1) is 14.4. The van der Waals surface area contributed by atoms with E-state index in [1.165, 1.54) is 12.5 Å². The number of imidazole rings is 1. The van der Waals surface area contributed by atoms with Crippen molar-refractivity contribution < 1.29 is 24.2 Å². The van der Waals surface area contributed by atoms with Gasteiger partial charge in [0.1, 0.15) is 11.8 Å². The van der Waals surface area contributed by atoms with E-state index in [1.54, 1.807) is 31.4 Å². The molecule has 0 bridgehead atoms. The number of nitrogens with zero attached hydrogens (tertiary/aromatic N) is 1. The number of aromatic nitrogens is 2. The second-order valence-electron chi connectivity index (χ2n) is 6.77. The summed E-state index contributed by atoms with van der Waals surface area (Å²) in [7, 11) is 1.56. The first-order valence-electron chi connectivity index (χ1n) is 9.59. The van der Waals surface area contributed by atoms with Gasteiger partial charge in [-0.15, -0.1) is 0 Å². The minimum absolute atomic E-state index is 0.0885. The van der Waals surface area contributed by atoms with Gasteiger partial charge in [0.25, 0.3) is 5.91 Å². The Balaban J connectivity index is 1.67. The monoisotopic (exact) mass is 417 g/mol. The van der Waals surface area contributed by atoms with Gasteiger partial charge in [-0.05, 0) is 43.5 Å². The number of aromatic amines is 1. The molecule has 0 aliphatic rings. The van der Waals surface area contributed by atoms with Gasteiger partial charge in [-0.25, -0.2) is 9.78 Å². The standard InChI is InChI=1S/C20H27N5O5/c1-30-15-7-5-13(6-8-15)18(26)23-9-3-2-4-16(21)19(27)25-17(20(28)29)10-14-11-22-12-24-14/h5-8,11-12,16-17H,2-4,9-10,21H2,1H3,(H,22,24)(H,23,26)(H,25,27)(H,28,29)/t16-,17+/m1/s1. The zero-order valence-corrected chi connectivity index (χ0v) is 16.8. The van der Waals surface area contributed by atoms with Crippen molar-refractivity contribution in [3.05, 3.63) is 48.0 Å². The van der Waals surface area contributed by atoms with Crippen LogP contribution in [0.25, 0.3) is 0 Å². The van der Waals surface area contributed by atoms with Crippen LogP contribution in [0.4, 0.5) is 0 Å². The third kappa shape index (κ3) is 7.21. The summed E-state index contributed by atoms with van der Waals surface area (Å²) in [4.78, 5) is 42.2. The summed E-state index contributed by atoms with van der Waals surface area (Å²) >= 11 is 0. The minimum Gasteiger partial charge on any atom is -0.497 e. The molecule has 0 saturated carbocycles. The third-order valence-corrected chi connectivity index (χ3v) is 4.51. The number of H-pyrrole nitrogens is 1. The van der Waals surface area contributed by atoms with Gasteiger partial charge in [-0.1, -0.05) is 0 Å². The maximum atomic E-state index is 12.2. The van der Waals surface area contributed by atoms with Crippen LogP contribution in [0.15, 0.2) is 36.8 Å². The van der Waals surface area contributed by atoms with Gasteiger partial charge >= 0.3 is 5.97 Å². The number of nitrogens with two attached hydrogens (primary N) is 1. The smallest absolute Gasteiger partial charge is 0.326 e. The number of hydrogen-bond donors (Lipinski definition) is 5. The largest absolute Gasteiger partial charge is 0.497 e. The van der Waals surface area contributed by atoms with Crippen LogP contribution < -0.4 is 21.1 Å². The number of ether oxygens (including phenoxy) is 1. The lowest BCUT2D eigenvalue weighted by atomic mass is 10.1. The van der Waals surface area contributed by atoms with Crippen molar-refractivity contribution in [1.82, 2.24) is 20.6 Å². The maximum Gasteiger partial charge on any atom is 0.326 e. The molecule has 0 saturated heterocycles. The second kappa shape index (κ2) is 11.6. The molecule has 1 aromatic carbocycles. The van der Waals surface area contributed by atoms with Crippen molar-refractivity contribution in [3.8, 4) is 5.75 Å². The van der Waals surface area contributed by atoms with E-state index in [4.69, 9.17) is 10.5 Å². The summed E-state index contributed by atoms with van der Waals surface area (Å²) in [6.07, 6.45) is 4.65. The lowest BCUT2D eigenvalue weighted by Gasteiger charge is -2.17. The highest BCUT2D eigenvalue weighted by Gasteiger charge is 2.23. The van der Waals surface area contributed by atoms with E-state index in [-0.39, 0.29) is 12.3 Å². The molecule has 2 atom stereocenters. The normalized spacial score (nSPS) is 12.6. The van der Waals surface area contributed by atoms with Crippen molar-refractivity contribution in [2.45, 2.75) is 37.8 Å². The number of rotatable bonds is 12. The SMILES string of the molecule is COc1ccc(C(=O)NCCCC[C@@H](N)C(=O)N[C@@H](Cc2cnc[nH]2)C(=O)O)cc1. The van der Waals surface area contributed by atoms with Gasteiger partial charge in [0.2, 0.25) is 5.91 Å². The quantitative estimate of drug-likeness (QED) is 0.314. The number of carboxylic acids is 1. The van der Waals surface area contributed by atoms with Crippen molar-refractivity contribution in [1.29, 1.82) is 0 Å². The van der Waals surface area contributed by atoms with Crippen LogP contribution >= 0.6 is 0 Å². The van der Waals surface area contributed by atoms with Gasteiger partial charge in [-0.3, -0.25) is 9.59 Å². The number of amides is 2. The zero-order chi connectivity index (χ0) is 21.9. The molecule has 0 unspecified atom stereocenters. The molecule has 10 heteroatoms. The number of unbranched alkanes of at least 4 members (excludes halogenated alkanes) is 1. The third-order valence-electron chi connectivity index (χ3n) is 4.51. The number of hydrogen-bond acceptors (Lipinski definition) is 6. The van der Waals surface area contributed by atoms with E-state index in [0.29, 0.717) is 42.8 Å². The summed E-state index contributed by atoms with van der Waals surface area (Å²) in [6.45, 7) is 0.441. The number of carboxylic acid groups (broad SMARTS) is 1. The number of nitrogens with one attached hydrogen (secondary N) is 3. The molecule has 2 amide bonds. The predicted octanol–water partition coefficient (Wildman–Crippen LogP) is 0.458. The fourth-order valence-corrected chi connectivity index (χ4v) is 2.76. The number of aliphatic carboxylic acids is 1. The van der Waals surface area contributed by atoms with Crippen molar-refractivity contribution in [3.63, 3.8) is 0 Å². The Morgan fingerprint density at radius 3 is 2.57 bits per heavy atom. The van der Waals surface area contributed by atoms with Crippen LogP contribution in [-0.4, -0.2) is 58.6 Å². The van der Waals surface area contributed by atoms with Crippen LogP contribution in [0.1, 0.15) is 35.3 Å². The number of carbonyl (C=O) groups is 3. The number of benzene rings is 1. The first kappa shape index (κ1) is 22.9. The van der Waals surface area contributed by atoms with Crippen LogP contribution in [0.2, 0.25) is 0 Å². The molecular weight excluding hydrogens is 390 g/mol. The summed E-state index contributed by atoms with van der Waals surface area (Å²) in [5, 5.41) is 14.5. The van der Waals surface area contributed by atoms with E-state index in [0.717, 1.165) is 0 Å². The van der Waals surface area contributed by atoms with Crippen molar-refractivity contribution >= 4 is 17.8 Å². The molecule has 2 aromatic rings. The lowest BCUT2D eigenvalue weighted by Crippen LogP contribution is -2.49. The molecule has 30 heavy (non-hydrogen) atoms. The van der Waals surface area contributed by atoms with E-state index in [9.17, 15) is 19.5 Å². The molecule has 162 valence electrons. The van der Waals surface area contributed by atoms with E-state index < -0.39 is 24.0 Å². The van der Waals surface area contributed by atoms with Gasteiger partial charge in [0.15, 0.2) is 0 Å². The Morgan fingerprint density at radius 1 is 1.23 bits per heavy atom. The van der Waals surface area contributed by atoms with Gasteiger partial charge in [-0.2, -0.15) is 0 Å². The van der Waals surface area contributed by atoms with Gasteiger partial charge in [0, 0.05) is 30.4 Å². The lowest BCUT2D eigenvalue weighted by molar-refractivity contribution is -0.142. The molecule has 1 heterocycles. The molecule has 0 aliphatic carbocycles. The highest BCUT2D eigenvalue weighted by Crippen LogP contribution is 2.11. The minimum atomic E-state index is -1.15. The predicted molar refractivity (Wildman–Crippen MR) is 109 cm³/mol. The first-order valence-corrected chi connectivity index (χ1v) is 9.59. The second-order valence-corrected chi connectivity index (χ2v) is 6.77. The summed E-state index contributed by atoms with van der Waals surface area (Å²) in [5.74, 6) is -1.19. The Labute approximate surface area is 174 Å². The highest BCUT2D eigenvalue weighted by molar-refractivity contribution is 5.94. The fraction of sp³-hybridized carbons (Fsp3) is 0.400. The Hall–Kier alpha value is -3.40. The summed E-state index contributed by atoms with van der Waals surface area (Å²) in [6, 6.07) is 4.86. The average Bonchev–Trinajstić information content (AvgIpc) is 3.25. The fourth-order valence-electron chi connectivity index (χ4n) is 2.76. The van der Waals surface area contributed by atoms with E-state index in [2.05, 4.69) is 20.6 Å². The molecule has 2 rings (SSSR count). The van der Waals surface area contributed by atoms with Crippen molar-refractivity contribution in [2.75, 3.05) is 13.7 Å². The van der Waals surface area contributed by atoms with Gasteiger partial charge < -0.3 is 31.2 Å².